The third kappa shape index (κ3) is 5.08. The third-order valence-electron chi connectivity index (χ3n) is 7.98. The number of carbonyl (C=O) groups excluding carboxylic acids is 1. The largest absolute Gasteiger partial charge is 0.377 e. The van der Waals surface area contributed by atoms with Crippen LogP contribution in [0.4, 0.5) is 27.8 Å². The van der Waals surface area contributed by atoms with E-state index in [-0.39, 0.29) is 18.1 Å². The van der Waals surface area contributed by atoms with Gasteiger partial charge < -0.3 is 45.8 Å². The molecule has 0 radical (unpaired) electrons. The molecule has 5 heterocycles. The first-order valence-corrected chi connectivity index (χ1v) is 13.6. The van der Waals surface area contributed by atoms with Crippen molar-refractivity contribution in [3.8, 4) is 0 Å². The Morgan fingerprint density at radius 2 is 1.76 bits per heavy atom. The van der Waals surface area contributed by atoms with Crippen molar-refractivity contribution in [1.82, 2.24) is 25.1 Å². The number of benzene rings is 1. The van der Waals surface area contributed by atoms with Gasteiger partial charge in [0.1, 0.15) is 17.7 Å². The van der Waals surface area contributed by atoms with E-state index in [1.807, 2.05) is 21.9 Å². The normalized spacial score (nSPS) is 23.5. The predicted molar refractivity (Wildman–Crippen MR) is 145 cm³/mol. The highest BCUT2D eigenvalue weighted by atomic mass is 16.5. The van der Waals surface area contributed by atoms with Gasteiger partial charge in [-0.1, -0.05) is 0 Å². The summed E-state index contributed by atoms with van der Waals surface area (Å²) in [6.45, 7) is 8.23. The smallest absolute Gasteiger partial charge is 0.320 e. The molecule has 0 saturated carbocycles. The summed E-state index contributed by atoms with van der Waals surface area (Å²) >= 11 is 0. The molecule has 2 atom stereocenters. The number of ether oxygens (including phenoxy) is 1. The van der Waals surface area contributed by atoms with Crippen molar-refractivity contribution in [1.29, 1.82) is 0 Å². The number of nitrogens with two attached hydrogens (primary N) is 1. The lowest BCUT2D eigenvalue weighted by Gasteiger charge is -2.39. The maximum absolute atomic E-state index is 13.1. The van der Waals surface area contributed by atoms with Crippen molar-refractivity contribution in [2.75, 3.05) is 80.7 Å². The van der Waals surface area contributed by atoms with Crippen LogP contribution in [-0.4, -0.2) is 109 Å². The Morgan fingerprint density at radius 1 is 1.03 bits per heavy atom. The van der Waals surface area contributed by atoms with E-state index >= 15 is 0 Å². The van der Waals surface area contributed by atoms with Crippen LogP contribution >= 0.6 is 0 Å². The van der Waals surface area contributed by atoms with E-state index in [1.54, 1.807) is 6.20 Å². The lowest BCUT2D eigenvalue weighted by Crippen LogP contribution is -2.53. The molecule has 2 amide bonds. The molecule has 5 N–H and O–H groups in total. The van der Waals surface area contributed by atoms with E-state index in [0.717, 1.165) is 64.3 Å². The number of urea groups is 1. The van der Waals surface area contributed by atoms with Crippen molar-refractivity contribution in [2.24, 2.45) is 5.73 Å². The molecular formula is C26H37N9O3. The predicted octanol–water partition coefficient (Wildman–Crippen LogP) is 0.685. The molecule has 1 aromatic heterocycles. The fraction of sp³-hybridized carbons (Fsp3) is 0.577. The highest BCUT2D eigenvalue weighted by Gasteiger charge is 2.41. The van der Waals surface area contributed by atoms with Gasteiger partial charge in [-0.3, -0.25) is 0 Å². The van der Waals surface area contributed by atoms with Crippen molar-refractivity contribution < 1.29 is 14.6 Å². The van der Waals surface area contributed by atoms with Crippen LogP contribution in [-0.2, 0) is 4.74 Å². The molecule has 0 aliphatic carbocycles. The number of hydrogen-bond donors (Lipinski definition) is 4. The minimum absolute atomic E-state index is 0.115. The Bertz CT molecular complexity index is 1120. The van der Waals surface area contributed by atoms with Crippen LogP contribution in [0.15, 0.2) is 30.5 Å². The van der Waals surface area contributed by atoms with Crippen LogP contribution in [0.2, 0.25) is 0 Å². The van der Waals surface area contributed by atoms with Gasteiger partial charge in [0.05, 0.1) is 31.5 Å². The van der Waals surface area contributed by atoms with Gasteiger partial charge in [-0.25, -0.2) is 14.8 Å². The quantitative estimate of drug-likeness (QED) is 0.384. The molecule has 4 aliphatic rings. The Kier molecular flexibility index (Phi) is 7.20. The summed E-state index contributed by atoms with van der Waals surface area (Å²) in [6, 6.07) is 8.64. The lowest BCUT2D eigenvalue weighted by molar-refractivity contribution is -0.0444. The number of piperidine rings is 1. The molecule has 1 aromatic carbocycles. The van der Waals surface area contributed by atoms with Gasteiger partial charge in [0, 0.05) is 63.7 Å². The summed E-state index contributed by atoms with van der Waals surface area (Å²) in [5.74, 6) is 1.14. The van der Waals surface area contributed by atoms with Crippen molar-refractivity contribution >= 4 is 29.0 Å². The van der Waals surface area contributed by atoms with Gasteiger partial charge in [0.25, 0.3) is 0 Å². The summed E-state index contributed by atoms with van der Waals surface area (Å²) in [5, 5.41) is 16.8. The summed E-state index contributed by atoms with van der Waals surface area (Å²) in [4.78, 5) is 30.9. The third-order valence-corrected chi connectivity index (χ3v) is 7.98. The number of hydrogen-bond acceptors (Lipinski definition) is 10. The lowest BCUT2D eigenvalue weighted by atomic mass is 10.0. The first-order valence-electron chi connectivity index (χ1n) is 13.6. The average Bonchev–Trinajstić information content (AvgIpc) is 3.29. The summed E-state index contributed by atoms with van der Waals surface area (Å²) in [5.41, 5.74) is 8.13. The second-order valence-electron chi connectivity index (χ2n) is 10.4. The van der Waals surface area contributed by atoms with Crippen LogP contribution in [0.5, 0.6) is 0 Å². The number of aromatic nitrogens is 2. The number of nitrogens with zero attached hydrogens (tertiary/aromatic N) is 6. The summed E-state index contributed by atoms with van der Waals surface area (Å²) in [7, 11) is 0. The molecule has 12 heteroatoms. The molecule has 12 nitrogen and oxygen atoms in total. The van der Waals surface area contributed by atoms with Crippen LogP contribution in [0, 0.1) is 0 Å². The van der Waals surface area contributed by atoms with Crippen molar-refractivity contribution in [3.05, 3.63) is 36.2 Å². The zero-order valence-corrected chi connectivity index (χ0v) is 21.6. The number of carbonyl (C=O) groups is 1. The van der Waals surface area contributed by atoms with E-state index in [0.29, 0.717) is 37.1 Å². The molecule has 2 aromatic rings. The van der Waals surface area contributed by atoms with Crippen molar-refractivity contribution in [2.45, 2.75) is 31.2 Å². The molecule has 0 spiro atoms. The Hall–Kier alpha value is -3.19. The van der Waals surface area contributed by atoms with Crippen molar-refractivity contribution in [3.63, 3.8) is 0 Å². The standard InChI is InChI=1S/C26H37N9O3/c27-24(36)23-25(30-18-3-5-19(6-4-18)32-10-7-28-8-11-32)31-22(14-29-23)33-9-1-2-20(15-33)34-12-13-35(26(34)37)21-16-38-17-21/h3-6,14,20-21,24,28,36H,1-2,7-13,15-17,27H2,(H,30,31). The second-order valence-corrected chi connectivity index (χ2v) is 10.4. The summed E-state index contributed by atoms with van der Waals surface area (Å²) < 4.78 is 5.29. The van der Waals surface area contributed by atoms with E-state index < -0.39 is 6.23 Å². The van der Waals surface area contributed by atoms with E-state index in [1.165, 1.54) is 5.69 Å². The number of rotatable bonds is 7. The van der Waals surface area contributed by atoms with E-state index in [9.17, 15) is 9.90 Å². The molecule has 38 heavy (non-hydrogen) atoms. The molecular weight excluding hydrogens is 486 g/mol. The van der Waals surface area contributed by atoms with Gasteiger partial charge in [0.15, 0.2) is 5.82 Å². The Balaban J connectivity index is 1.16. The minimum Gasteiger partial charge on any atom is -0.377 e. The Labute approximate surface area is 222 Å². The van der Waals surface area contributed by atoms with Gasteiger partial charge in [-0.15, -0.1) is 0 Å². The number of aliphatic hydroxyl groups excluding tert-OH is 1. The zero-order chi connectivity index (χ0) is 26.1. The SMILES string of the molecule is NC(O)c1ncc(N2CCCC(N3CCN(C4COC4)C3=O)C2)nc1Nc1ccc(N2CCNCC2)cc1. The van der Waals surface area contributed by atoms with Crippen LogP contribution in [0.3, 0.4) is 0 Å². The number of anilines is 4. The van der Waals surface area contributed by atoms with Gasteiger partial charge in [-0.05, 0) is 37.1 Å². The molecule has 4 fully saturated rings. The van der Waals surface area contributed by atoms with Gasteiger partial charge in [-0.2, -0.15) is 0 Å². The summed E-state index contributed by atoms with van der Waals surface area (Å²) in [6.07, 6.45) is 2.34. The monoisotopic (exact) mass is 523 g/mol. The molecule has 6 rings (SSSR count). The van der Waals surface area contributed by atoms with Gasteiger partial charge >= 0.3 is 6.03 Å². The molecule has 4 saturated heterocycles. The average molecular weight is 524 g/mol. The molecule has 204 valence electrons. The van der Waals surface area contributed by atoms with E-state index in [2.05, 4.69) is 37.6 Å². The number of piperazine rings is 1. The number of aliphatic hydroxyl groups is 1. The maximum atomic E-state index is 13.1. The number of amides is 2. The van der Waals surface area contributed by atoms with Crippen LogP contribution in [0.25, 0.3) is 0 Å². The first kappa shape index (κ1) is 25.1. The maximum Gasteiger partial charge on any atom is 0.320 e. The molecule has 2 unspecified atom stereocenters. The highest BCUT2D eigenvalue weighted by Crippen LogP contribution is 2.29. The molecule has 0 bridgehead atoms. The van der Waals surface area contributed by atoms with Crippen LogP contribution in [0.1, 0.15) is 24.8 Å². The molecule has 4 aliphatic heterocycles. The first-order chi connectivity index (χ1) is 18.6. The van der Waals surface area contributed by atoms with E-state index in [4.69, 9.17) is 15.5 Å². The highest BCUT2D eigenvalue weighted by molar-refractivity contribution is 5.77. The minimum atomic E-state index is -1.25. The van der Waals surface area contributed by atoms with Crippen LogP contribution < -0.4 is 26.2 Å². The fourth-order valence-corrected chi connectivity index (χ4v) is 5.73. The second kappa shape index (κ2) is 10.9. The fourth-order valence-electron chi connectivity index (χ4n) is 5.73. The number of nitrogens with one attached hydrogen (secondary N) is 2. The topological polar surface area (TPSA) is 135 Å². The van der Waals surface area contributed by atoms with Gasteiger partial charge in [0.2, 0.25) is 0 Å². The Morgan fingerprint density at radius 3 is 2.45 bits per heavy atom. The zero-order valence-electron chi connectivity index (χ0n) is 21.6.